The number of rotatable bonds is 2. The molecule has 0 aliphatic carbocycles. The second-order valence-corrected chi connectivity index (χ2v) is 5.80. The standard InChI is InChI=1S/C11H13IN2O4/c1-11(2,3)13-10(15)18-9-5-4-7(14(16)17)6-8(9)12/h4-6H,1-3H3,(H,13,15). The summed E-state index contributed by atoms with van der Waals surface area (Å²) in [6, 6.07) is 4.05. The van der Waals surface area contributed by atoms with Crippen molar-refractivity contribution in [1.82, 2.24) is 5.32 Å². The topological polar surface area (TPSA) is 81.5 Å². The van der Waals surface area contributed by atoms with E-state index in [1.807, 2.05) is 43.4 Å². The van der Waals surface area contributed by atoms with Gasteiger partial charge in [0.2, 0.25) is 0 Å². The van der Waals surface area contributed by atoms with Crippen LogP contribution >= 0.6 is 22.6 Å². The zero-order chi connectivity index (χ0) is 13.9. The second kappa shape index (κ2) is 5.51. The second-order valence-electron chi connectivity index (χ2n) is 4.64. The largest absolute Gasteiger partial charge is 0.413 e. The molecule has 0 spiro atoms. The molecule has 6 nitrogen and oxygen atoms in total. The van der Waals surface area contributed by atoms with Gasteiger partial charge in [-0.15, -0.1) is 0 Å². The van der Waals surface area contributed by atoms with Crippen molar-refractivity contribution < 1.29 is 14.5 Å². The first-order valence-electron chi connectivity index (χ1n) is 5.13. The molecule has 0 saturated heterocycles. The van der Waals surface area contributed by atoms with Gasteiger partial charge < -0.3 is 10.1 Å². The first kappa shape index (κ1) is 14.7. The van der Waals surface area contributed by atoms with Crippen LogP contribution in [0.1, 0.15) is 20.8 Å². The monoisotopic (exact) mass is 364 g/mol. The number of carbonyl (C=O) groups excluding carboxylic acids is 1. The average Bonchev–Trinajstić information content (AvgIpc) is 2.17. The Morgan fingerprint density at radius 2 is 2.06 bits per heavy atom. The minimum atomic E-state index is -0.589. The maximum atomic E-state index is 11.5. The molecule has 0 heterocycles. The van der Waals surface area contributed by atoms with Crippen molar-refractivity contribution in [3.63, 3.8) is 0 Å². The quantitative estimate of drug-likeness (QED) is 0.497. The summed E-state index contributed by atoms with van der Waals surface area (Å²) in [7, 11) is 0. The summed E-state index contributed by atoms with van der Waals surface area (Å²) in [5.41, 5.74) is -0.438. The highest BCUT2D eigenvalue weighted by Crippen LogP contribution is 2.25. The van der Waals surface area contributed by atoms with Crippen LogP contribution in [0.4, 0.5) is 10.5 Å². The normalized spacial score (nSPS) is 10.9. The highest BCUT2D eigenvalue weighted by molar-refractivity contribution is 14.1. The van der Waals surface area contributed by atoms with Crippen molar-refractivity contribution in [2.24, 2.45) is 0 Å². The Hall–Kier alpha value is -1.38. The fourth-order valence-corrected chi connectivity index (χ4v) is 1.73. The summed E-state index contributed by atoms with van der Waals surface area (Å²) >= 11 is 1.88. The zero-order valence-corrected chi connectivity index (χ0v) is 12.3. The minimum Gasteiger partial charge on any atom is -0.409 e. The van der Waals surface area contributed by atoms with E-state index in [9.17, 15) is 14.9 Å². The van der Waals surface area contributed by atoms with Crippen molar-refractivity contribution in [2.75, 3.05) is 0 Å². The summed E-state index contributed by atoms with van der Waals surface area (Å²) in [4.78, 5) is 21.6. The van der Waals surface area contributed by atoms with Gasteiger partial charge in [0, 0.05) is 17.7 Å². The van der Waals surface area contributed by atoms with Crippen LogP contribution in [0, 0.1) is 13.7 Å². The Labute approximate surface area is 118 Å². The lowest BCUT2D eigenvalue weighted by Crippen LogP contribution is -2.42. The van der Waals surface area contributed by atoms with Crippen LogP contribution in [0.3, 0.4) is 0 Å². The average molecular weight is 364 g/mol. The maximum Gasteiger partial charge on any atom is 0.413 e. The molecule has 0 bridgehead atoms. The predicted octanol–water partition coefficient (Wildman–Crippen LogP) is 3.09. The van der Waals surface area contributed by atoms with Gasteiger partial charge in [0.25, 0.3) is 5.69 Å². The van der Waals surface area contributed by atoms with E-state index in [-0.39, 0.29) is 5.69 Å². The Kier molecular flexibility index (Phi) is 4.49. The summed E-state index contributed by atoms with van der Waals surface area (Å²) in [5.74, 6) is 0.294. The van der Waals surface area contributed by atoms with Crippen LogP contribution in [0.5, 0.6) is 5.75 Å². The molecule has 7 heteroatoms. The van der Waals surface area contributed by atoms with Gasteiger partial charge in [-0.25, -0.2) is 4.79 Å². The van der Waals surface area contributed by atoms with E-state index < -0.39 is 16.6 Å². The molecule has 98 valence electrons. The van der Waals surface area contributed by atoms with Crippen LogP contribution in [-0.4, -0.2) is 16.6 Å². The third-order valence-corrected chi connectivity index (χ3v) is 2.65. The predicted molar refractivity (Wildman–Crippen MR) is 74.7 cm³/mol. The molecule has 0 unspecified atom stereocenters. The number of hydrogen-bond donors (Lipinski definition) is 1. The Morgan fingerprint density at radius 3 is 2.50 bits per heavy atom. The van der Waals surface area contributed by atoms with Crippen molar-refractivity contribution in [1.29, 1.82) is 0 Å². The molecule has 0 atom stereocenters. The van der Waals surface area contributed by atoms with Gasteiger partial charge in [-0.05, 0) is 49.4 Å². The number of benzene rings is 1. The Morgan fingerprint density at radius 1 is 1.44 bits per heavy atom. The van der Waals surface area contributed by atoms with Crippen LogP contribution in [-0.2, 0) is 0 Å². The number of nitrogens with zero attached hydrogens (tertiary/aromatic N) is 1. The molecule has 0 saturated carbocycles. The number of nitro groups is 1. The number of nitro benzene ring substituents is 1. The van der Waals surface area contributed by atoms with E-state index >= 15 is 0 Å². The summed E-state index contributed by atoms with van der Waals surface area (Å²) in [6.07, 6.45) is -0.589. The SMILES string of the molecule is CC(C)(C)NC(=O)Oc1ccc([N+](=O)[O-])cc1I. The van der Waals surface area contributed by atoms with Crippen molar-refractivity contribution in [2.45, 2.75) is 26.3 Å². The number of nitrogens with one attached hydrogen (secondary N) is 1. The first-order valence-corrected chi connectivity index (χ1v) is 6.21. The molecule has 0 aliphatic heterocycles. The van der Waals surface area contributed by atoms with Crippen LogP contribution < -0.4 is 10.1 Å². The fraction of sp³-hybridized carbons (Fsp3) is 0.364. The highest BCUT2D eigenvalue weighted by Gasteiger charge is 2.17. The highest BCUT2D eigenvalue weighted by atomic mass is 127. The van der Waals surface area contributed by atoms with Crippen molar-refractivity contribution in [3.8, 4) is 5.75 Å². The van der Waals surface area contributed by atoms with Crippen molar-refractivity contribution in [3.05, 3.63) is 31.9 Å². The summed E-state index contributed by atoms with van der Waals surface area (Å²) in [5, 5.41) is 13.2. The van der Waals surface area contributed by atoms with E-state index in [1.165, 1.54) is 18.2 Å². The lowest BCUT2D eigenvalue weighted by Gasteiger charge is -2.20. The molecule has 1 amide bonds. The molecule has 0 aromatic heterocycles. The van der Waals surface area contributed by atoms with Gasteiger partial charge >= 0.3 is 6.09 Å². The lowest BCUT2D eigenvalue weighted by molar-refractivity contribution is -0.385. The molecular weight excluding hydrogens is 351 g/mol. The molecule has 0 radical (unpaired) electrons. The smallest absolute Gasteiger partial charge is 0.409 e. The molecule has 1 rings (SSSR count). The van der Waals surface area contributed by atoms with Gasteiger partial charge in [0.15, 0.2) is 0 Å². The van der Waals surface area contributed by atoms with Gasteiger partial charge in [-0.3, -0.25) is 10.1 Å². The minimum absolute atomic E-state index is 0.0389. The third kappa shape index (κ3) is 4.47. The van der Waals surface area contributed by atoms with Gasteiger partial charge in [0.1, 0.15) is 5.75 Å². The molecule has 0 aliphatic rings. The van der Waals surface area contributed by atoms with Gasteiger partial charge in [0.05, 0.1) is 8.49 Å². The van der Waals surface area contributed by atoms with Gasteiger partial charge in [-0.1, -0.05) is 0 Å². The molecule has 18 heavy (non-hydrogen) atoms. The Bertz CT molecular complexity index is 482. The van der Waals surface area contributed by atoms with Crippen molar-refractivity contribution >= 4 is 34.4 Å². The fourth-order valence-electron chi connectivity index (χ4n) is 1.12. The van der Waals surface area contributed by atoms with Crippen LogP contribution in [0.15, 0.2) is 18.2 Å². The number of ether oxygens (including phenoxy) is 1. The number of halogens is 1. The van der Waals surface area contributed by atoms with E-state index in [0.29, 0.717) is 9.32 Å². The molecular formula is C11H13IN2O4. The number of carbonyl (C=O) groups is 1. The first-order chi connectivity index (χ1) is 8.19. The number of amides is 1. The summed E-state index contributed by atoms with van der Waals surface area (Å²) < 4.78 is 5.58. The Balaban J connectivity index is 2.80. The molecule has 1 N–H and O–H groups in total. The van der Waals surface area contributed by atoms with Crippen LogP contribution in [0.2, 0.25) is 0 Å². The summed E-state index contributed by atoms with van der Waals surface area (Å²) in [6.45, 7) is 5.49. The maximum absolute atomic E-state index is 11.5. The van der Waals surface area contributed by atoms with E-state index in [1.54, 1.807) is 0 Å². The number of hydrogen-bond acceptors (Lipinski definition) is 4. The molecule has 1 aromatic rings. The third-order valence-electron chi connectivity index (χ3n) is 1.81. The zero-order valence-electron chi connectivity index (χ0n) is 10.2. The van der Waals surface area contributed by atoms with Gasteiger partial charge in [-0.2, -0.15) is 0 Å². The van der Waals surface area contributed by atoms with E-state index in [4.69, 9.17) is 4.74 Å². The van der Waals surface area contributed by atoms with E-state index in [2.05, 4.69) is 5.32 Å². The molecule has 0 fully saturated rings. The number of non-ortho nitro benzene ring substituents is 1. The lowest BCUT2D eigenvalue weighted by atomic mass is 10.1. The van der Waals surface area contributed by atoms with E-state index in [0.717, 1.165) is 0 Å². The molecule has 1 aromatic carbocycles. The van der Waals surface area contributed by atoms with Crippen LogP contribution in [0.25, 0.3) is 0 Å².